The molecule has 21 heteroatoms. The normalized spacial score (nSPS) is 10.9. The van der Waals surface area contributed by atoms with Crippen molar-refractivity contribution in [1.82, 2.24) is 30.4 Å². The average molecular weight is 991 g/mol. The number of unbranched alkanes of at least 4 members (excludes halogenated alkanes) is 3. The fourth-order valence-electron chi connectivity index (χ4n) is 6.70. The zero-order chi connectivity index (χ0) is 50.8. The Hall–Kier alpha value is -8.88. The summed E-state index contributed by atoms with van der Waals surface area (Å²) in [7, 11) is 0. The van der Waals surface area contributed by atoms with E-state index in [9.17, 15) is 14.4 Å². The highest BCUT2D eigenvalue weighted by atomic mass is 19.1. The minimum absolute atomic E-state index is 0.00160. The lowest BCUT2D eigenvalue weighted by Gasteiger charge is -2.07. The van der Waals surface area contributed by atoms with Crippen LogP contribution in [0.2, 0.25) is 0 Å². The first-order valence-corrected chi connectivity index (χ1v) is 22.4. The van der Waals surface area contributed by atoms with Gasteiger partial charge in [-0.05, 0) is 93.1 Å². The first-order valence-electron chi connectivity index (χ1n) is 22.4. The molecule has 0 saturated heterocycles. The third kappa shape index (κ3) is 13.9. The molecule has 0 fully saturated rings. The molecule has 0 atom stereocenters. The van der Waals surface area contributed by atoms with Crippen molar-refractivity contribution in [3.63, 3.8) is 0 Å². The molecule has 0 unspecified atom stereocenters. The quantitative estimate of drug-likeness (QED) is 0.0154. The summed E-state index contributed by atoms with van der Waals surface area (Å²) < 4.78 is 94.7. The van der Waals surface area contributed by atoms with Crippen molar-refractivity contribution in [2.75, 3.05) is 26.4 Å². The van der Waals surface area contributed by atoms with Crippen LogP contribution in [-0.4, -0.2) is 74.8 Å². The van der Waals surface area contributed by atoms with Crippen LogP contribution in [-0.2, 0) is 28.6 Å². The van der Waals surface area contributed by atoms with Crippen LogP contribution >= 0.6 is 0 Å². The lowest BCUT2D eigenvalue weighted by molar-refractivity contribution is -0.139. The van der Waals surface area contributed by atoms with Crippen molar-refractivity contribution in [2.24, 2.45) is 0 Å². The summed E-state index contributed by atoms with van der Waals surface area (Å²) in [5.41, 5.74) is 0.735. The van der Waals surface area contributed by atoms with Gasteiger partial charge < -0.3 is 42.0 Å². The topological polar surface area (TPSA) is 223 Å². The van der Waals surface area contributed by atoms with Gasteiger partial charge in [0.05, 0.1) is 55.6 Å². The summed E-state index contributed by atoms with van der Waals surface area (Å²) in [4.78, 5) is 47.6. The molecule has 0 aliphatic carbocycles. The van der Waals surface area contributed by atoms with Crippen molar-refractivity contribution >= 4 is 17.9 Å². The smallest absolute Gasteiger partial charge is 0.330 e. The minimum Gasteiger partial charge on any atom is -0.493 e. The van der Waals surface area contributed by atoms with Gasteiger partial charge in [0.2, 0.25) is 17.5 Å². The molecule has 7 rings (SSSR count). The number of benzene rings is 4. The van der Waals surface area contributed by atoms with E-state index >= 15 is 13.2 Å². The van der Waals surface area contributed by atoms with Crippen molar-refractivity contribution in [2.45, 2.75) is 51.4 Å². The monoisotopic (exact) mass is 990 g/mol. The number of esters is 3. The predicted molar refractivity (Wildman–Crippen MR) is 250 cm³/mol. The Labute approximate surface area is 409 Å². The maximum atomic E-state index is 15.5. The maximum absolute atomic E-state index is 15.5. The van der Waals surface area contributed by atoms with Gasteiger partial charge in [-0.3, -0.25) is 9.59 Å². The molecule has 0 aliphatic heterocycles. The second-order valence-corrected chi connectivity index (χ2v) is 15.3. The van der Waals surface area contributed by atoms with Gasteiger partial charge in [0, 0.05) is 53.8 Å². The van der Waals surface area contributed by atoms with Gasteiger partial charge in [0.25, 0.3) is 17.7 Å². The minimum atomic E-state index is -0.703. The molecular weight excluding hydrogens is 946 g/mol. The van der Waals surface area contributed by atoms with Crippen LogP contribution < -0.4 is 14.2 Å². The van der Waals surface area contributed by atoms with Gasteiger partial charge in [-0.15, -0.1) is 0 Å². The first-order chi connectivity index (χ1) is 35.0. The number of carbonyl (C=O) groups excluding carboxylic acids is 3. The molecule has 0 amide bonds. The third-order valence-electron chi connectivity index (χ3n) is 10.2. The van der Waals surface area contributed by atoms with Crippen LogP contribution in [0.25, 0.3) is 68.5 Å². The van der Waals surface area contributed by atoms with Crippen LogP contribution in [0, 0.1) is 17.5 Å². The van der Waals surface area contributed by atoms with Gasteiger partial charge in [0.1, 0.15) is 34.7 Å². The Kier molecular flexibility index (Phi) is 17.8. The fraction of sp³-hybridized carbons (Fsp3) is 0.235. The molecule has 7 aromatic rings. The van der Waals surface area contributed by atoms with E-state index in [0.29, 0.717) is 38.5 Å². The SMILES string of the molecule is C=COC(=O)CCCCOc1ccc(-c2noc(-c3cc(-c4nc(-c5ccc(OCCCCOC(=O)C=C)cc5F)no4)cc(-c4nc(-c5ccc(OCCCCC(=O)OC=C)cc5F)no4)c3)n2)c(F)c1. The summed E-state index contributed by atoms with van der Waals surface area (Å²) >= 11 is 0. The number of ether oxygens (including phenoxy) is 6. The number of carbonyl (C=O) groups is 3. The molecule has 0 radical (unpaired) electrons. The molecule has 0 spiro atoms. The number of halogens is 3. The number of aromatic nitrogens is 6. The molecular formula is C51H45F3N6O12. The van der Waals surface area contributed by atoms with E-state index in [4.69, 9.17) is 42.0 Å². The van der Waals surface area contributed by atoms with Crippen molar-refractivity contribution in [3.05, 3.63) is 129 Å². The second kappa shape index (κ2) is 25.1. The van der Waals surface area contributed by atoms with Gasteiger partial charge >= 0.3 is 17.9 Å². The van der Waals surface area contributed by atoms with Crippen molar-refractivity contribution < 1.29 is 69.5 Å². The van der Waals surface area contributed by atoms with Crippen LogP contribution in [0.4, 0.5) is 13.2 Å². The molecule has 0 aliphatic rings. The molecule has 0 N–H and O–H groups in total. The van der Waals surface area contributed by atoms with Crippen LogP contribution in [0.15, 0.2) is 125 Å². The highest BCUT2D eigenvalue weighted by Crippen LogP contribution is 2.35. The van der Waals surface area contributed by atoms with Crippen molar-refractivity contribution in [3.8, 4) is 85.8 Å². The zero-order valence-electron chi connectivity index (χ0n) is 38.5. The molecule has 3 aromatic heterocycles. The van der Waals surface area contributed by atoms with Gasteiger partial charge in [-0.25, -0.2) is 18.0 Å². The largest absolute Gasteiger partial charge is 0.493 e. The molecule has 0 bridgehead atoms. The van der Waals surface area contributed by atoms with E-state index in [-0.39, 0.29) is 125 Å². The van der Waals surface area contributed by atoms with E-state index in [2.05, 4.69) is 50.2 Å². The lowest BCUT2D eigenvalue weighted by Crippen LogP contribution is -2.04. The molecule has 4 aromatic carbocycles. The summed E-state index contributed by atoms with van der Waals surface area (Å²) in [6.45, 7) is 10.9. The second-order valence-electron chi connectivity index (χ2n) is 15.3. The Bertz CT molecular complexity index is 2900. The van der Waals surface area contributed by atoms with Gasteiger partial charge in [0.15, 0.2) is 0 Å². The van der Waals surface area contributed by atoms with E-state index in [1.807, 2.05) is 0 Å². The van der Waals surface area contributed by atoms with Crippen LogP contribution in [0.5, 0.6) is 17.2 Å². The average Bonchev–Trinajstić information content (AvgIpc) is 4.18. The highest BCUT2D eigenvalue weighted by molar-refractivity contribution is 5.81. The van der Waals surface area contributed by atoms with Crippen LogP contribution in [0.1, 0.15) is 51.4 Å². The van der Waals surface area contributed by atoms with Gasteiger partial charge in [-0.1, -0.05) is 35.2 Å². The Morgan fingerprint density at radius 1 is 0.486 bits per heavy atom. The van der Waals surface area contributed by atoms with E-state index < -0.39 is 35.4 Å². The standard InChI is InChI=1S/C51H45F3N6O12/c1-4-43(61)69-24-12-11-23-68-36-17-20-39(42(54)30-36)48-57-51(72-60-48)33-26-31(49-55-46(58-70-49)37-18-15-34(28-40(37)52)66-21-9-7-13-44(62)64-5-2)25-32(27-33)50-56-47(59-71-50)38-19-16-35(29-41(38)53)67-22-10-8-14-45(63)65-6-3/h4-6,15-20,25-30H,1-3,7-14,21-24H2. The summed E-state index contributed by atoms with van der Waals surface area (Å²) in [5, 5.41) is 12.0. The summed E-state index contributed by atoms with van der Waals surface area (Å²) in [6.07, 6.45) is 6.67. The number of hydrogen-bond acceptors (Lipinski definition) is 18. The van der Waals surface area contributed by atoms with E-state index in [0.717, 1.165) is 18.6 Å². The third-order valence-corrected chi connectivity index (χ3v) is 10.2. The number of hydrogen-bond donors (Lipinski definition) is 0. The summed E-state index contributed by atoms with van der Waals surface area (Å²) in [6, 6.07) is 17.1. The zero-order valence-corrected chi connectivity index (χ0v) is 38.5. The molecule has 3 heterocycles. The van der Waals surface area contributed by atoms with E-state index in [1.54, 1.807) is 24.3 Å². The molecule has 18 nitrogen and oxygen atoms in total. The summed E-state index contributed by atoms with van der Waals surface area (Å²) in [5.74, 6) is -3.26. The number of rotatable bonds is 27. The molecule has 372 valence electrons. The Balaban J connectivity index is 1.11. The van der Waals surface area contributed by atoms with Crippen LogP contribution in [0.3, 0.4) is 0 Å². The van der Waals surface area contributed by atoms with E-state index in [1.165, 1.54) is 48.5 Å². The molecule has 72 heavy (non-hydrogen) atoms. The van der Waals surface area contributed by atoms with Gasteiger partial charge in [-0.2, -0.15) is 15.0 Å². The Morgan fingerprint density at radius 2 is 0.833 bits per heavy atom. The highest BCUT2D eigenvalue weighted by Gasteiger charge is 2.23. The Morgan fingerprint density at radius 3 is 1.17 bits per heavy atom. The van der Waals surface area contributed by atoms with Crippen molar-refractivity contribution in [1.29, 1.82) is 0 Å². The number of nitrogens with zero attached hydrogens (tertiary/aromatic N) is 6. The lowest BCUT2D eigenvalue weighted by atomic mass is 10.0. The fourth-order valence-corrected chi connectivity index (χ4v) is 6.70. The predicted octanol–water partition coefficient (Wildman–Crippen LogP) is 10.6. The maximum Gasteiger partial charge on any atom is 0.330 e. The molecule has 0 saturated carbocycles. The first kappa shape index (κ1) is 51.0.